The second-order valence-electron chi connectivity index (χ2n) is 6.57. The highest BCUT2D eigenvalue weighted by atomic mass is 19.4. The quantitative estimate of drug-likeness (QED) is 0.602. The highest BCUT2D eigenvalue weighted by molar-refractivity contribution is 6.13. The molecule has 2 atom stereocenters. The third-order valence-electron chi connectivity index (χ3n) is 5.00. The van der Waals surface area contributed by atoms with Gasteiger partial charge in [-0.15, -0.1) is 0 Å². The first kappa shape index (κ1) is 20.7. The smallest absolute Gasteiger partial charge is 0.416 e. The van der Waals surface area contributed by atoms with E-state index in [0.717, 1.165) is 19.2 Å². The van der Waals surface area contributed by atoms with Gasteiger partial charge >= 0.3 is 12.1 Å². The summed E-state index contributed by atoms with van der Waals surface area (Å²) < 4.78 is 50.4. The number of amides is 1. The Morgan fingerprint density at radius 3 is 2.38 bits per heavy atom. The van der Waals surface area contributed by atoms with Crippen LogP contribution < -0.4 is 10.1 Å². The van der Waals surface area contributed by atoms with E-state index in [1.54, 1.807) is 0 Å². The SMILES string of the molecule is COC(=O)C1(O)C(=O)Nc2cccc(C(F)(F)F)c2CC1c1ccc(OC)cc1. The number of carbonyl (C=O) groups excluding carboxylic acids is 2. The summed E-state index contributed by atoms with van der Waals surface area (Å²) in [4.78, 5) is 25.2. The molecule has 0 bridgehead atoms. The van der Waals surface area contributed by atoms with E-state index < -0.39 is 41.6 Å². The Labute approximate surface area is 164 Å². The highest BCUT2D eigenvalue weighted by Gasteiger charge is 2.55. The van der Waals surface area contributed by atoms with Gasteiger partial charge in [-0.2, -0.15) is 13.2 Å². The number of anilines is 1. The fourth-order valence-electron chi connectivity index (χ4n) is 3.50. The second kappa shape index (κ2) is 7.40. The van der Waals surface area contributed by atoms with Gasteiger partial charge in [0.25, 0.3) is 5.91 Å². The Morgan fingerprint density at radius 2 is 1.83 bits per heavy atom. The molecule has 0 saturated carbocycles. The molecule has 29 heavy (non-hydrogen) atoms. The van der Waals surface area contributed by atoms with E-state index in [-0.39, 0.29) is 16.8 Å². The van der Waals surface area contributed by atoms with Crippen LogP contribution in [-0.2, 0) is 26.9 Å². The first-order valence-corrected chi connectivity index (χ1v) is 8.58. The molecule has 1 heterocycles. The molecule has 2 unspecified atom stereocenters. The summed E-state index contributed by atoms with van der Waals surface area (Å²) in [6.07, 6.45) is -5.12. The van der Waals surface area contributed by atoms with Crippen molar-refractivity contribution in [2.24, 2.45) is 0 Å². The summed E-state index contributed by atoms with van der Waals surface area (Å²) in [5, 5.41) is 13.3. The molecule has 2 aromatic carbocycles. The Balaban J connectivity index is 2.23. The van der Waals surface area contributed by atoms with Gasteiger partial charge in [-0.05, 0) is 41.8 Å². The molecule has 0 aliphatic carbocycles. The number of hydrogen-bond donors (Lipinski definition) is 2. The molecule has 2 aromatic rings. The third-order valence-corrected chi connectivity index (χ3v) is 5.00. The molecule has 154 valence electrons. The van der Waals surface area contributed by atoms with Crippen LogP contribution in [0.2, 0.25) is 0 Å². The lowest BCUT2D eigenvalue weighted by molar-refractivity contribution is -0.169. The van der Waals surface area contributed by atoms with Crippen molar-refractivity contribution in [3.63, 3.8) is 0 Å². The lowest BCUT2D eigenvalue weighted by Gasteiger charge is -2.30. The third kappa shape index (κ3) is 3.53. The van der Waals surface area contributed by atoms with Crippen LogP contribution in [-0.4, -0.2) is 36.8 Å². The van der Waals surface area contributed by atoms with E-state index in [1.807, 2.05) is 0 Å². The zero-order chi connectivity index (χ0) is 21.4. The van der Waals surface area contributed by atoms with Crippen molar-refractivity contribution < 1.29 is 37.3 Å². The summed E-state index contributed by atoms with van der Waals surface area (Å²) in [7, 11) is 2.42. The molecule has 1 aliphatic rings. The van der Waals surface area contributed by atoms with Crippen molar-refractivity contribution in [1.82, 2.24) is 0 Å². The van der Waals surface area contributed by atoms with E-state index in [1.165, 1.54) is 37.4 Å². The van der Waals surface area contributed by atoms with Gasteiger partial charge in [0.1, 0.15) is 5.75 Å². The number of benzene rings is 2. The fourth-order valence-corrected chi connectivity index (χ4v) is 3.50. The number of ether oxygens (including phenoxy) is 2. The van der Waals surface area contributed by atoms with Gasteiger partial charge in [-0.25, -0.2) is 4.79 Å². The Hall–Kier alpha value is -3.07. The number of alkyl halides is 3. The number of halogens is 3. The summed E-state index contributed by atoms with van der Waals surface area (Å²) in [5.74, 6) is -3.30. The largest absolute Gasteiger partial charge is 0.497 e. The topological polar surface area (TPSA) is 84.9 Å². The molecule has 6 nitrogen and oxygen atoms in total. The number of rotatable bonds is 3. The first-order chi connectivity index (χ1) is 13.6. The van der Waals surface area contributed by atoms with Crippen LogP contribution in [0.3, 0.4) is 0 Å². The lowest BCUT2D eigenvalue weighted by Crippen LogP contribution is -2.54. The van der Waals surface area contributed by atoms with Gasteiger partial charge in [0.05, 0.1) is 19.8 Å². The van der Waals surface area contributed by atoms with Crippen molar-refractivity contribution in [3.8, 4) is 5.75 Å². The Morgan fingerprint density at radius 1 is 1.17 bits per heavy atom. The fraction of sp³-hybridized carbons (Fsp3) is 0.300. The molecule has 9 heteroatoms. The molecule has 1 amide bonds. The average molecular weight is 409 g/mol. The standard InChI is InChI=1S/C20H18F3NO5/c1-28-12-8-6-11(7-9-12)15-10-13-14(20(21,22)23)4-3-5-16(13)24-17(25)19(15,27)18(26)29-2/h3-9,15,27H,10H2,1-2H3,(H,24,25). The van der Waals surface area contributed by atoms with Gasteiger partial charge in [0, 0.05) is 11.6 Å². The number of fused-ring (bicyclic) bond motifs is 1. The van der Waals surface area contributed by atoms with Crippen LogP contribution in [0.5, 0.6) is 5.75 Å². The van der Waals surface area contributed by atoms with E-state index in [4.69, 9.17) is 4.74 Å². The molecule has 0 radical (unpaired) electrons. The molecule has 0 aromatic heterocycles. The predicted molar refractivity (Wildman–Crippen MR) is 96.5 cm³/mol. The minimum absolute atomic E-state index is 0.122. The van der Waals surface area contributed by atoms with Crippen LogP contribution >= 0.6 is 0 Å². The second-order valence-corrected chi connectivity index (χ2v) is 6.57. The van der Waals surface area contributed by atoms with Crippen LogP contribution in [0.25, 0.3) is 0 Å². The molecule has 3 rings (SSSR count). The zero-order valence-electron chi connectivity index (χ0n) is 15.5. The summed E-state index contributed by atoms with van der Waals surface area (Å²) in [6.45, 7) is 0. The van der Waals surface area contributed by atoms with Gasteiger partial charge in [0.2, 0.25) is 5.60 Å². The Kier molecular flexibility index (Phi) is 5.27. The minimum Gasteiger partial charge on any atom is -0.497 e. The number of esters is 1. The van der Waals surface area contributed by atoms with E-state index in [0.29, 0.717) is 5.75 Å². The molecule has 0 spiro atoms. The summed E-state index contributed by atoms with van der Waals surface area (Å²) in [5.41, 5.74) is -3.76. The average Bonchev–Trinajstić information content (AvgIpc) is 2.81. The van der Waals surface area contributed by atoms with Gasteiger partial charge < -0.3 is 19.9 Å². The monoisotopic (exact) mass is 409 g/mol. The van der Waals surface area contributed by atoms with E-state index in [9.17, 15) is 27.9 Å². The maximum Gasteiger partial charge on any atom is 0.416 e. The molecular formula is C20H18F3NO5. The molecule has 0 fully saturated rings. The van der Waals surface area contributed by atoms with Crippen LogP contribution in [0.15, 0.2) is 42.5 Å². The predicted octanol–water partition coefficient (Wildman–Crippen LogP) is 2.90. The minimum atomic E-state index is -4.69. The lowest BCUT2D eigenvalue weighted by atomic mass is 9.77. The first-order valence-electron chi connectivity index (χ1n) is 8.58. The molecular weight excluding hydrogens is 391 g/mol. The van der Waals surface area contributed by atoms with E-state index in [2.05, 4.69) is 10.1 Å². The maximum absolute atomic E-state index is 13.6. The summed E-state index contributed by atoms with van der Waals surface area (Å²) >= 11 is 0. The molecule has 2 N–H and O–H groups in total. The normalized spacial score (nSPS) is 21.6. The molecule has 1 aliphatic heterocycles. The number of aliphatic hydroxyl groups is 1. The Bertz CT molecular complexity index is 942. The highest BCUT2D eigenvalue weighted by Crippen LogP contribution is 2.43. The van der Waals surface area contributed by atoms with Crippen LogP contribution in [0.4, 0.5) is 18.9 Å². The number of hydrogen-bond acceptors (Lipinski definition) is 5. The van der Waals surface area contributed by atoms with Crippen molar-refractivity contribution in [2.45, 2.75) is 24.1 Å². The van der Waals surface area contributed by atoms with Crippen LogP contribution in [0.1, 0.15) is 22.6 Å². The van der Waals surface area contributed by atoms with Gasteiger partial charge in [-0.1, -0.05) is 18.2 Å². The zero-order valence-corrected chi connectivity index (χ0v) is 15.5. The number of carbonyl (C=O) groups is 2. The number of nitrogens with one attached hydrogen (secondary N) is 1. The van der Waals surface area contributed by atoms with Crippen molar-refractivity contribution in [1.29, 1.82) is 0 Å². The van der Waals surface area contributed by atoms with Gasteiger partial charge in [-0.3, -0.25) is 4.79 Å². The van der Waals surface area contributed by atoms with Crippen molar-refractivity contribution in [2.75, 3.05) is 19.5 Å². The van der Waals surface area contributed by atoms with E-state index >= 15 is 0 Å². The van der Waals surface area contributed by atoms with Crippen molar-refractivity contribution >= 4 is 17.6 Å². The maximum atomic E-state index is 13.6. The van der Waals surface area contributed by atoms with Crippen LogP contribution in [0, 0.1) is 0 Å². The summed E-state index contributed by atoms with van der Waals surface area (Å²) in [6, 6.07) is 9.32. The van der Waals surface area contributed by atoms with Crippen molar-refractivity contribution in [3.05, 3.63) is 59.2 Å². The van der Waals surface area contributed by atoms with Gasteiger partial charge in [0.15, 0.2) is 0 Å². The number of methoxy groups -OCH3 is 2. The molecule has 0 saturated heterocycles.